The lowest BCUT2D eigenvalue weighted by molar-refractivity contribution is -0.134. The molecule has 2 saturated heterocycles. The Hall–Kier alpha value is -2.16. The van der Waals surface area contributed by atoms with Gasteiger partial charge in [0.25, 0.3) is 0 Å². The van der Waals surface area contributed by atoms with Gasteiger partial charge in [0.05, 0.1) is 13.2 Å². The molecular formula is C24H33N5O2S. The molecule has 1 amide bonds. The first kappa shape index (κ1) is 23.0. The van der Waals surface area contributed by atoms with Crippen molar-refractivity contribution >= 4 is 17.7 Å². The van der Waals surface area contributed by atoms with Crippen LogP contribution in [0.4, 0.5) is 0 Å². The van der Waals surface area contributed by atoms with Crippen LogP contribution in [0.2, 0.25) is 0 Å². The molecule has 7 nitrogen and oxygen atoms in total. The number of ether oxygens (including phenoxy) is 1. The van der Waals surface area contributed by atoms with Gasteiger partial charge in [-0.15, -0.1) is 16.8 Å². The van der Waals surface area contributed by atoms with Gasteiger partial charge in [0.1, 0.15) is 11.1 Å². The molecule has 0 radical (unpaired) electrons. The summed E-state index contributed by atoms with van der Waals surface area (Å²) >= 11 is 1.49. The zero-order valence-corrected chi connectivity index (χ0v) is 19.5. The summed E-state index contributed by atoms with van der Waals surface area (Å²) in [5, 5.41) is 9.42. The lowest BCUT2D eigenvalue weighted by atomic mass is 10.1. The number of carbonyl (C=O) groups excluding carboxylic acids is 1. The minimum atomic E-state index is -0.364. The van der Waals surface area contributed by atoms with Gasteiger partial charge in [0.15, 0.2) is 5.16 Å². The highest BCUT2D eigenvalue weighted by Gasteiger charge is 2.30. The number of nitrogens with zero attached hydrogens (tertiary/aromatic N) is 5. The molecule has 2 fully saturated rings. The molecule has 172 valence electrons. The van der Waals surface area contributed by atoms with Crippen LogP contribution in [-0.4, -0.2) is 76.4 Å². The lowest BCUT2D eigenvalue weighted by Crippen LogP contribution is -2.42. The van der Waals surface area contributed by atoms with Gasteiger partial charge in [0.2, 0.25) is 5.91 Å². The van der Waals surface area contributed by atoms with E-state index in [1.807, 2.05) is 41.3 Å². The Morgan fingerprint density at radius 3 is 2.56 bits per heavy atom. The number of allylic oxidation sites excluding steroid dienone is 1. The maximum Gasteiger partial charge on any atom is 0.240 e. The van der Waals surface area contributed by atoms with Crippen molar-refractivity contribution in [2.24, 2.45) is 0 Å². The van der Waals surface area contributed by atoms with E-state index in [-0.39, 0.29) is 11.2 Å². The first-order valence-corrected chi connectivity index (χ1v) is 12.5. The number of piperidine rings is 1. The monoisotopic (exact) mass is 455 g/mol. The average Bonchev–Trinajstić information content (AvgIpc) is 3.24. The highest BCUT2D eigenvalue weighted by molar-refractivity contribution is 8.00. The van der Waals surface area contributed by atoms with E-state index in [1.165, 1.54) is 44.1 Å². The Bertz CT molecular complexity index is 876. The second-order valence-electron chi connectivity index (χ2n) is 8.30. The Labute approximate surface area is 194 Å². The molecule has 1 aromatic heterocycles. The molecule has 1 atom stereocenters. The van der Waals surface area contributed by atoms with Gasteiger partial charge in [0, 0.05) is 32.6 Å². The van der Waals surface area contributed by atoms with Gasteiger partial charge < -0.3 is 19.1 Å². The van der Waals surface area contributed by atoms with Gasteiger partial charge in [-0.05, 0) is 31.5 Å². The topological polar surface area (TPSA) is 63.5 Å². The number of carbonyl (C=O) groups is 1. The minimum Gasteiger partial charge on any atom is -0.378 e. The van der Waals surface area contributed by atoms with Gasteiger partial charge in [-0.3, -0.25) is 4.79 Å². The third-order valence-corrected chi connectivity index (χ3v) is 7.30. The number of benzene rings is 1. The first-order valence-electron chi connectivity index (χ1n) is 11.6. The van der Waals surface area contributed by atoms with Crippen molar-refractivity contribution < 1.29 is 9.53 Å². The summed E-state index contributed by atoms with van der Waals surface area (Å²) < 4.78 is 7.56. The molecule has 32 heavy (non-hydrogen) atoms. The third-order valence-electron chi connectivity index (χ3n) is 6.08. The molecule has 2 aromatic rings. The first-order chi connectivity index (χ1) is 15.8. The van der Waals surface area contributed by atoms with Crippen molar-refractivity contribution in [3.8, 4) is 0 Å². The SMILES string of the molecule is C=CCn1c(CCN2CCCCC2)nnc1SC(C(=O)N1CCOCC1)c1ccccc1. The number of likely N-dealkylation sites (tertiary alicyclic amines) is 1. The largest absolute Gasteiger partial charge is 0.378 e. The molecule has 0 bridgehead atoms. The Balaban J connectivity index is 1.53. The highest BCUT2D eigenvalue weighted by atomic mass is 32.2. The maximum absolute atomic E-state index is 13.5. The summed E-state index contributed by atoms with van der Waals surface area (Å²) in [6.45, 7) is 10.3. The number of thioether (sulfide) groups is 1. The Morgan fingerprint density at radius 1 is 1.09 bits per heavy atom. The minimum absolute atomic E-state index is 0.104. The van der Waals surface area contributed by atoms with Crippen LogP contribution >= 0.6 is 11.8 Å². The van der Waals surface area contributed by atoms with Crippen LogP contribution in [0.5, 0.6) is 0 Å². The quantitative estimate of drug-likeness (QED) is 0.428. The van der Waals surface area contributed by atoms with Gasteiger partial charge in [-0.2, -0.15) is 0 Å². The summed E-state index contributed by atoms with van der Waals surface area (Å²) in [6.07, 6.45) is 6.63. The van der Waals surface area contributed by atoms with Crippen molar-refractivity contribution in [1.29, 1.82) is 0 Å². The fraction of sp³-hybridized carbons (Fsp3) is 0.542. The fourth-order valence-corrected chi connectivity index (χ4v) is 5.44. The molecule has 0 N–H and O–H groups in total. The smallest absolute Gasteiger partial charge is 0.240 e. The standard InChI is InChI=1S/C24H33N5O2S/c1-2-12-29-21(11-15-27-13-7-4-8-14-27)25-26-24(29)32-22(20-9-5-3-6-10-20)23(30)28-16-18-31-19-17-28/h2-3,5-6,9-10,22H,1,4,7-8,11-19H2. The van der Waals surface area contributed by atoms with E-state index in [9.17, 15) is 4.79 Å². The van der Waals surface area contributed by atoms with Crippen molar-refractivity contribution in [2.75, 3.05) is 45.9 Å². The Kier molecular flexibility index (Phi) is 8.36. The van der Waals surface area contributed by atoms with Crippen LogP contribution in [0, 0.1) is 0 Å². The number of hydrogen-bond donors (Lipinski definition) is 0. The van der Waals surface area contributed by atoms with E-state index < -0.39 is 0 Å². The average molecular weight is 456 g/mol. The van der Waals surface area contributed by atoms with E-state index in [0.29, 0.717) is 32.8 Å². The molecule has 2 aliphatic rings. The van der Waals surface area contributed by atoms with Crippen molar-refractivity contribution in [2.45, 2.75) is 42.6 Å². The molecule has 0 saturated carbocycles. The van der Waals surface area contributed by atoms with E-state index >= 15 is 0 Å². The Morgan fingerprint density at radius 2 is 1.84 bits per heavy atom. The van der Waals surface area contributed by atoms with E-state index in [4.69, 9.17) is 4.74 Å². The summed E-state index contributed by atoms with van der Waals surface area (Å²) in [5.41, 5.74) is 0.983. The third kappa shape index (κ3) is 5.79. The molecule has 3 heterocycles. The molecular weight excluding hydrogens is 422 g/mol. The highest BCUT2D eigenvalue weighted by Crippen LogP contribution is 2.36. The summed E-state index contributed by atoms with van der Waals surface area (Å²) in [4.78, 5) is 17.9. The van der Waals surface area contributed by atoms with Crippen molar-refractivity contribution in [3.63, 3.8) is 0 Å². The van der Waals surface area contributed by atoms with Crippen LogP contribution in [-0.2, 0) is 22.5 Å². The van der Waals surface area contributed by atoms with Crippen molar-refractivity contribution in [1.82, 2.24) is 24.6 Å². The van der Waals surface area contributed by atoms with E-state index in [2.05, 4.69) is 26.2 Å². The van der Waals surface area contributed by atoms with E-state index in [0.717, 1.165) is 29.5 Å². The van der Waals surface area contributed by atoms with Crippen LogP contribution in [0.25, 0.3) is 0 Å². The second-order valence-corrected chi connectivity index (χ2v) is 9.37. The number of morpholine rings is 1. The van der Waals surface area contributed by atoms with E-state index in [1.54, 1.807) is 0 Å². The maximum atomic E-state index is 13.5. The molecule has 1 unspecified atom stereocenters. The predicted molar refractivity (Wildman–Crippen MR) is 127 cm³/mol. The number of rotatable bonds is 9. The molecule has 4 rings (SSSR count). The zero-order valence-electron chi connectivity index (χ0n) is 18.7. The molecule has 8 heteroatoms. The fourth-order valence-electron chi connectivity index (χ4n) is 4.29. The zero-order chi connectivity index (χ0) is 22.2. The normalized spacial score (nSPS) is 18.4. The molecule has 1 aromatic carbocycles. The lowest BCUT2D eigenvalue weighted by Gasteiger charge is -2.30. The summed E-state index contributed by atoms with van der Waals surface area (Å²) in [6, 6.07) is 9.97. The number of amides is 1. The molecule has 0 spiro atoms. The van der Waals surface area contributed by atoms with Gasteiger partial charge in [-0.1, -0.05) is 54.6 Å². The van der Waals surface area contributed by atoms with Crippen LogP contribution < -0.4 is 0 Å². The van der Waals surface area contributed by atoms with Crippen LogP contribution in [0.15, 0.2) is 48.1 Å². The van der Waals surface area contributed by atoms with Gasteiger partial charge in [-0.25, -0.2) is 0 Å². The summed E-state index contributed by atoms with van der Waals surface area (Å²) in [5.74, 6) is 1.07. The summed E-state index contributed by atoms with van der Waals surface area (Å²) in [7, 11) is 0. The van der Waals surface area contributed by atoms with Crippen LogP contribution in [0.3, 0.4) is 0 Å². The predicted octanol–water partition coefficient (Wildman–Crippen LogP) is 3.18. The van der Waals surface area contributed by atoms with Crippen molar-refractivity contribution in [3.05, 3.63) is 54.4 Å². The van der Waals surface area contributed by atoms with Gasteiger partial charge >= 0.3 is 0 Å². The number of hydrogen-bond acceptors (Lipinski definition) is 6. The number of aromatic nitrogens is 3. The van der Waals surface area contributed by atoms with Crippen LogP contribution in [0.1, 0.15) is 35.9 Å². The molecule has 0 aliphatic carbocycles. The second kappa shape index (κ2) is 11.6. The molecule has 2 aliphatic heterocycles.